The molecule has 0 spiro atoms. The first-order chi connectivity index (χ1) is 7.77. The first-order valence-corrected chi connectivity index (χ1v) is 4.85. The zero-order chi connectivity index (χ0) is 11.4. The molecular weight excluding hydrogens is 206 g/mol. The largest absolute Gasteiger partial charge is 0.446 e. The van der Waals surface area contributed by atoms with E-state index in [0.717, 1.165) is 5.69 Å². The number of nitrogens with zero attached hydrogens (tertiary/aromatic N) is 2. The zero-order valence-electron chi connectivity index (χ0n) is 8.80. The van der Waals surface area contributed by atoms with Crippen molar-refractivity contribution in [2.45, 2.75) is 13.5 Å². The predicted octanol–water partition coefficient (Wildman–Crippen LogP) is 1.31. The van der Waals surface area contributed by atoms with Crippen molar-refractivity contribution in [1.29, 1.82) is 0 Å². The third kappa shape index (κ3) is 2.25. The van der Waals surface area contributed by atoms with E-state index >= 15 is 0 Å². The van der Waals surface area contributed by atoms with Crippen LogP contribution in [-0.4, -0.2) is 15.9 Å². The highest BCUT2D eigenvalue weighted by atomic mass is 16.3. The predicted molar refractivity (Wildman–Crippen MR) is 56.6 cm³/mol. The first kappa shape index (κ1) is 10.4. The van der Waals surface area contributed by atoms with Crippen molar-refractivity contribution in [2.75, 3.05) is 0 Å². The molecule has 0 aromatic carbocycles. The van der Waals surface area contributed by atoms with Gasteiger partial charge in [0.1, 0.15) is 11.5 Å². The monoisotopic (exact) mass is 217 g/mol. The van der Waals surface area contributed by atoms with Crippen LogP contribution in [0.15, 0.2) is 35.2 Å². The lowest BCUT2D eigenvalue weighted by atomic mass is 10.3. The number of carbonyl (C=O) groups excluding carboxylic acids is 1. The number of amides is 1. The molecule has 0 aliphatic rings. The molecule has 0 saturated heterocycles. The Morgan fingerprint density at radius 3 is 2.94 bits per heavy atom. The second kappa shape index (κ2) is 4.57. The van der Waals surface area contributed by atoms with Gasteiger partial charge < -0.3 is 9.73 Å². The Morgan fingerprint density at radius 1 is 1.44 bits per heavy atom. The highest BCUT2D eigenvalue weighted by molar-refractivity contribution is 5.92. The van der Waals surface area contributed by atoms with E-state index in [4.69, 9.17) is 4.42 Å². The summed E-state index contributed by atoms with van der Waals surface area (Å²) in [6, 6.07) is 5.18. The fraction of sp³-hybridized carbons (Fsp3) is 0.182. The maximum atomic E-state index is 11.6. The Bertz CT molecular complexity index is 479. The molecule has 82 valence electrons. The van der Waals surface area contributed by atoms with E-state index in [0.29, 0.717) is 18.0 Å². The molecule has 2 aromatic heterocycles. The quantitative estimate of drug-likeness (QED) is 0.841. The van der Waals surface area contributed by atoms with Crippen LogP contribution < -0.4 is 5.32 Å². The van der Waals surface area contributed by atoms with Crippen molar-refractivity contribution < 1.29 is 9.21 Å². The molecule has 2 heterocycles. The van der Waals surface area contributed by atoms with Gasteiger partial charge in [-0.2, -0.15) is 0 Å². The topological polar surface area (TPSA) is 68.0 Å². The Kier molecular flexibility index (Phi) is 2.95. The SMILES string of the molecule is Cc1ncoc1CNC(=O)c1ccccn1. The van der Waals surface area contributed by atoms with Crippen molar-refractivity contribution >= 4 is 5.91 Å². The minimum Gasteiger partial charge on any atom is -0.446 e. The number of rotatable bonds is 3. The molecule has 0 aliphatic carbocycles. The lowest BCUT2D eigenvalue weighted by molar-refractivity contribution is 0.0943. The van der Waals surface area contributed by atoms with Gasteiger partial charge in [0.25, 0.3) is 5.91 Å². The second-order valence-electron chi connectivity index (χ2n) is 3.26. The molecule has 0 radical (unpaired) electrons. The number of pyridine rings is 1. The van der Waals surface area contributed by atoms with Crippen molar-refractivity contribution in [2.24, 2.45) is 0 Å². The molecule has 0 fully saturated rings. The summed E-state index contributed by atoms with van der Waals surface area (Å²) in [6.07, 6.45) is 2.94. The Balaban J connectivity index is 1.97. The van der Waals surface area contributed by atoms with E-state index in [-0.39, 0.29) is 5.91 Å². The average Bonchev–Trinajstić information content (AvgIpc) is 2.73. The maximum absolute atomic E-state index is 11.6. The molecule has 0 atom stereocenters. The Morgan fingerprint density at radius 2 is 2.31 bits per heavy atom. The molecule has 2 rings (SSSR count). The van der Waals surface area contributed by atoms with Crippen LogP contribution in [0.25, 0.3) is 0 Å². The van der Waals surface area contributed by atoms with Gasteiger partial charge in [-0.3, -0.25) is 9.78 Å². The van der Waals surface area contributed by atoms with Gasteiger partial charge in [-0.05, 0) is 19.1 Å². The van der Waals surface area contributed by atoms with Crippen LogP contribution >= 0.6 is 0 Å². The molecule has 5 nitrogen and oxygen atoms in total. The van der Waals surface area contributed by atoms with Crippen molar-refractivity contribution in [3.63, 3.8) is 0 Å². The molecule has 0 aliphatic heterocycles. The van der Waals surface area contributed by atoms with E-state index in [1.807, 2.05) is 6.92 Å². The third-order valence-corrected chi connectivity index (χ3v) is 2.15. The molecule has 5 heteroatoms. The van der Waals surface area contributed by atoms with Crippen LogP contribution in [0.4, 0.5) is 0 Å². The highest BCUT2D eigenvalue weighted by Crippen LogP contribution is 2.04. The van der Waals surface area contributed by atoms with Gasteiger partial charge in [0.2, 0.25) is 0 Å². The summed E-state index contributed by atoms with van der Waals surface area (Å²) < 4.78 is 5.10. The minimum atomic E-state index is -0.226. The van der Waals surface area contributed by atoms with E-state index in [2.05, 4.69) is 15.3 Å². The van der Waals surface area contributed by atoms with Crippen LogP contribution in [0.1, 0.15) is 21.9 Å². The van der Waals surface area contributed by atoms with Crippen molar-refractivity contribution in [3.8, 4) is 0 Å². The zero-order valence-corrected chi connectivity index (χ0v) is 8.80. The minimum absolute atomic E-state index is 0.226. The van der Waals surface area contributed by atoms with Crippen LogP contribution in [0, 0.1) is 6.92 Å². The van der Waals surface area contributed by atoms with Crippen molar-refractivity contribution in [3.05, 3.63) is 47.9 Å². The summed E-state index contributed by atoms with van der Waals surface area (Å²) in [6.45, 7) is 2.15. The van der Waals surface area contributed by atoms with Crippen LogP contribution in [0.3, 0.4) is 0 Å². The number of nitrogens with one attached hydrogen (secondary N) is 1. The average molecular weight is 217 g/mol. The lowest BCUT2D eigenvalue weighted by Crippen LogP contribution is -2.23. The summed E-state index contributed by atoms with van der Waals surface area (Å²) in [4.78, 5) is 19.5. The van der Waals surface area contributed by atoms with Gasteiger partial charge in [-0.15, -0.1) is 0 Å². The van der Waals surface area contributed by atoms with Crippen LogP contribution in [0.5, 0.6) is 0 Å². The van der Waals surface area contributed by atoms with Crippen LogP contribution in [0.2, 0.25) is 0 Å². The van der Waals surface area contributed by atoms with E-state index < -0.39 is 0 Å². The molecule has 0 bridgehead atoms. The fourth-order valence-corrected chi connectivity index (χ4v) is 1.24. The fourth-order valence-electron chi connectivity index (χ4n) is 1.24. The number of hydrogen-bond donors (Lipinski definition) is 1. The molecule has 2 aromatic rings. The van der Waals surface area contributed by atoms with E-state index in [1.165, 1.54) is 6.39 Å². The van der Waals surface area contributed by atoms with E-state index in [1.54, 1.807) is 24.4 Å². The molecule has 1 amide bonds. The van der Waals surface area contributed by atoms with Crippen molar-refractivity contribution in [1.82, 2.24) is 15.3 Å². The van der Waals surface area contributed by atoms with Gasteiger partial charge >= 0.3 is 0 Å². The molecule has 0 unspecified atom stereocenters. The lowest BCUT2D eigenvalue weighted by Gasteiger charge is -2.02. The molecule has 0 saturated carbocycles. The first-order valence-electron chi connectivity index (χ1n) is 4.85. The number of oxazole rings is 1. The smallest absolute Gasteiger partial charge is 0.270 e. The standard InChI is InChI=1S/C11H11N3O2/c1-8-10(16-7-14-8)6-13-11(15)9-4-2-3-5-12-9/h2-5,7H,6H2,1H3,(H,13,15). The van der Waals surface area contributed by atoms with Gasteiger partial charge in [-0.25, -0.2) is 4.98 Å². The number of carbonyl (C=O) groups is 1. The summed E-state index contributed by atoms with van der Waals surface area (Å²) in [5.74, 6) is 0.431. The maximum Gasteiger partial charge on any atom is 0.270 e. The van der Waals surface area contributed by atoms with Gasteiger partial charge in [-0.1, -0.05) is 6.07 Å². The highest BCUT2D eigenvalue weighted by Gasteiger charge is 2.08. The second-order valence-corrected chi connectivity index (χ2v) is 3.26. The third-order valence-electron chi connectivity index (χ3n) is 2.15. The summed E-state index contributed by atoms with van der Waals surface area (Å²) in [7, 11) is 0. The Hall–Kier alpha value is -2.17. The number of aryl methyl sites for hydroxylation is 1. The van der Waals surface area contributed by atoms with Crippen LogP contribution in [-0.2, 0) is 6.54 Å². The van der Waals surface area contributed by atoms with E-state index in [9.17, 15) is 4.79 Å². The van der Waals surface area contributed by atoms with Gasteiger partial charge in [0, 0.05) is 6.20 Å². The normalized spacial score (nSPS) is 10.1. The Labute approximate surface area is 92.5 Å². The molecular formula is C11H11N3O2. The molecule has 1 N–H and O–H groups in total. The van der Waals surface area contributed by atoms with Gasteiger partial charge in [0.15, 0.2) is 6.39 Å². The number of hydrogen-bond acceptors (Lipinski definition) is 4. The summed E-state index contributed by atoms with van der Waals surface area (Å²) in [5, 5.41) is 2.71. The summed E-state index contributed by atoms with van der Waals surface area (Å²) >= 11 is 0. The number of aromatic nitrogens is 2. The van der Waals surface area contributed by atoms with Gasteiger partial charge in [0.05, 0.1) is 12.2 Å². The molecule has 16 heavy (non-hydrogen) atoms. The summed E-state index contributed by atoms with van der Waals surface area (Å²) in [5.41, 5.74) is 1.17.